The summed E-state index contributed by atoms with van der Waals surface area (Å²) in [6.07, 6.45) is 0. The lowest BCUT2D eigenvalue weighted by atomic mass is 9.84. The van der Waals surface area contributed by atoms with Crippen LogP contribution in [0, 0.1) is 0 Å². The molecule has 3 heteroatoms. The Hall–Kier alpha value is -6.16. The van der Waals surface area contributed by atoms with Gasteiger partial charge in [0.2, 0.25) is 0 Å². The van der Waals surface area contributed by atoms with Gasteiger partial charge in [0.15, 0.2) is 11.2 Å². The fraction of sp³-hybridized carbons (Fsp3) is 0. The second kappa shape index (κ2) is 10.2. The minimum Gasteiger partial charge on any atom is -0.452 e. The van der Waals surface area contributed by atoms with E-state index in [-0.39, 0.29) is 0 Å². The molecule has 0 spiro atoms. The highest BCUT2D eigenvalue weighted by Crippen LogP contribution is 2.51. The van der Waals surface area contributed by atoms with Crippen LogP contribution in [-0.2, 0) is 0 Å². The average molecular weight is 643 g/mol. The highest BCUT2D eigenvalue weighted by Gasteiger charge is 2.26. The molecular formula is C46H26O2S. The number of thiophene rings is 1. The Morgan fingerprint density at radius 1 is 0.327 bits per heavy atom. The van der Waals surface area contributed by atoms with E-state index in [1.807, 2.05) is 23.5 Å². The maximum atomic E-state index is 6.98. The molecule has 0 aliphatic heterocycles. The van der Waals surface area contributed by atoms with Gasteiger partial charge in [0, 0.05) is 53.0 Å². The van der Waals surface area contributed by atoms with Crippen molar-refractivity contribution in [2.45, 2.75) is 0 Å². The van der Waals surface area contributed by atoms with Crippen LogP contribution in [0.3, 0.4) is 0 Å². The number of rotatable bonds is 3. The number of para-hydroxylation sites is 1. The Morgan fingerprint density at radius 3 is 1.63 bits per heavy atom. The van der Waals surface area contributed by atoms with Gasteiger partial charge in [-0.3, -0.25) is 0 Å². The Kier molecular flexibility index (Phi) is 5.57. The number of benzene rings is 8. The third kappa shape index (κ3) is 3.82. The first-order valence-electron chi connectivity index (χ1n) is 16.6. The monoisotopic (exact) mass is 642 g/mol. The lowest BCUT2D eigenvalue weighted by molar-refractivity contribution is 0.612. The van der Waals surface area contributed by atoms with Crippen molar-refractivity contribution in [3.63, 3.8) is 0 Å². The average Bonchev–Trinajstić information content (AvgIpc) is 3.85. The summed E-state index contributed by atoms with van der Waals surface area (Å²) < 4.78 is 16.1. The molecule has 0 radical (unpaired) electrons. The normalized spacial score (nSPS) is 12.1. The molecule has 8 aromatic carbocycles. The van der Waals surface area contributed by atoms with Crippen LogP contribution in [0.4, 0.5) is 0 Å². The van der Waals surface area contributed by atoms with Crippen molar-refractivity contribution in [2.75, 3.05) is 0 Å². The molecule has 0 bridgehead atoms. The Morgan fingerprint density at radius 2 is 0.878 bits per heavy atom. The molecule has 0 atom stereocenters. The van der Waals surface area contributed by atoms with Crippen molar-refractivity contribution in [1.29, 1.82) is 0 Å². The predicted octanol–water partition coefficient (Wildman–Crippen LogP) is 14.0. The number of hydrogen-bond acceptors (Lipinski definition) is 3. The van der Waals surface area contributed by atoms with E-state index < -0.39 is 0 Å². The van der Waals surface area contributed by atoms with Gasteiger partial charge < -0.3 is 8.83 Å². The van der Waals surface area contributed by atoms with Crippen LogP contribution >= 0.6 is 11.3 Å². The number of furan rings is 2. The summed E-state index contributed by atoms with van der Waals surface area (Å²) in [5.74, 6) is 0.846. The lowest BCUT2D eigenvalue weighted by Crippen LogP contribution is -1.91. The van der Waals surface area contributed by atoms with Crippen LogP contribution in [0.1, 0.15) is 0 Å². The molecule has 0 saturated carbocycles. The van der Waals surface area contributed by atoms with E-state index in [0.29, 0.717) is 0 Å². The molecule has 0 N–H and O–H groups in total. The van der Waals surface area contributed by atoms with Gasteiger partial charge in [-0.25, -0.2) is 0 Å². The van der Waals surface area contributed by atoms with Gasteiger partial charge in [-0.05, 0) is 63.0 Å². The quantitative estimate of drug-likeness (QED) is 0.179. The summed E-state index contributed by atoms with van der Waals surface area (Å²) in [7, 11) is 0. The van der Waals surface area contributed by atoms with Gasteiger partial charge in [0.05, 0.1) is 0 Å². The summed E-state index contributed by atoms with van der Waals surface area (Å²) in [5.41, 5.74) is 8.18. The van der Waals surface area contributed by atoms with Crippen LogP contribution in [0.5, 0.6) is 0 Å². The zero-order valence-corrected chi connectivity index (χ0v) is 27.1. The van der Waals surface area contributed by atoms with E-state index in [1.165, 1.54) is 58.4 Å². The highest BCUT2D eigenvalue weighted by atomic mass is 32.1. The highest BCUT2D eigenvalue weighted by molar-refractivity contribution is 7.25. The molecule has 228 valence electrons. The van der Waals surface area contributed by atoms with Gasteiger partial charge in [0.1, 0.15) is 11.3 Å². The summed E-state index contributed by atoms with van der Waals surface area (Å²) in [5, 5.41) is 10.6. The Labute approximate surface area is 285 Å². The SMILES string of the molecule is c1ccc(-c2oc3c(ccc4c5ccccc5oc43)c2-c2c3ccccc3c(-c3ccc4c(c3)sc3ccccc34)c3ccccc23)cc1. The fourth-order valence-electron chi connectivity index (χ4n) is 7.97. The van der Waals surface area contributed by atoms with E-state index >= 15 is 0 Å². The van der Waals surface area contributed by atoms with Gasteiger partial charge in [0.25, 0.3) is 0 Å². The van der Waals surface area contributed by atoms with Crippen molar-refractivity contribution in [3.8, 4) is 33.6 Å². The van der Waals surface area contributed by atoms with E-state index in [2.05, 4.69) is 146 Å². The first-order valence-corrected chi connectivity index (χ1v) is 17.4. The maximum absolute atomic E-state index is 6.98. The Bertz CT molecular complexity index is 3050. The van der Waals surface area contributed by atoms with Crippen LogP contribution in [0.15, 0.2) is 167 Å². The third-order valence-electron chi connectivity index (χ3n) is 10.1. The molecule has 11 rings (SSSR count). The topological polar surface area (TPSA) is 26.3 Å². The molecular weight excluding hydrogens is 617 g/mol. The molecule has 3 heterocycles. The lowest BCUT2D eigenvalue weighted by Gasteiger charge is -2.18. The van der Waals surface area contributed by atoms with Crippen LogP contribution in [-0.4, -0.2) is 0 Å². The van der Waals surface area contributed by atoms with Gasteiger partial charge in [-0.1, -0.05) is 127 Å². The van der Waals surface area contributed by atoms with E-state index in [0.717, 1.165) is 49.8 Å². The molecule has 0 unspecified atom stereocenters. The van der Waals surface area contributed by atoms with Crippen molar-refractivity contribution < 1.29 is 8.83 Å². The largest absolute Gasteiger partial charge is 0.452 e. The first-order chi connectivity index (χ1) is 24.3. The van der Waals surface area contributed by atoms with Crippen molar-refractivity contribution >= 4 is 86.0 Å². The molecule has 0 aliphatic carbocycles. The number of fused-ring (bicyclic) bond motifs is 10. The minimum atomic E-state index is 0.773. The van der Waals surface area contributed by atoms with Crippen molar-refractivity contribution in [3.05, 3.63) is 158 Å². The van der Waals surface area contributed by atoms with Gasteiger partial charge in [-0.2, -0.15) is 0 Å². The smallest absolute Gasteiger partial charge is 0.178 e. The van der Waals surface area contributed by atoms with Gasteiger partial charge in [-0.15, -0.1) is 11.3 Å². The Balaban J connectivity index is 1.27. The standard InChI is InChI=1S/C46H26O2S/c1-2-12-27(13-3-1)44-43(37-25-24-36-29-14-8-10-20-38(29)47-45(36)46(37)48-44)42-34-18-6-4-16-32(34)41(33-17-5-7-19-35(33)42)28-22-23-31-30-15-9-11-21-39(30)49-40(31)26-28/h1-26H. The maximum Gasteiger partial charge on any atom is 0.178 e. The molecule has 0 fully saturated rings. The third-order valence-corrected chi connectivity index (χ3v) is 11.2. The van der Waals surface area contributed by atoms with E-state index in [9.17, 15) is 0 Å². The van der Waals surface area contributed by atoms with Crippen LogP contribution in [0.2, 0.25) is 0 Å². The molecule has 3 aromatic heterocycles. The van der Waals surface area contributed by atoms with Gasteiger partial charge >= 0.3 is 0 Å². The fourth-order valence-corrected chi connectivity index (χ4v) is 9.11. The first kappa shape index (κ1) is 26.9. The number of hydrogen-bond donors (Lipinski definition) is 0. The second-order valence-electron chi connectivity index (χ2n) is 12.7. The summed E-state index contributed by atoms with van der Waals surface area (Å²) in [6.45, 7) is 0. The van der Waals surface area contributed by atoms with Crippen LogP contribution in [0.25, 0.3) is 108 Å². The summed E-state index contributed by atoms with van der Waals surface area (Å²) >= 11 is 1.86. The van der Waals surface area contributed by atoms with Crippen molar-refractivity contribution in [1.82, 2.24) is 0 Å². The summed E-state index contributed by atoms with van der Waals surface area (Å²) in [4.78, 5) is 0. The zero-order valence-electron chi connectivity index (χ0n) is 26.2. The molecule has 49 heavy (non-hydrogen) atoms. The zero-order chi connectivity index (χ0) is 32.1. The molecule has 11 aromatic rings. The van der Waals surface area contributed by atoms with Crippen LogP contribution < -0.4 is 0 Å². The van der Waals surface area contributed by atoms with Crippen molar-refractivity contribution in [2.24, 2.45) is 0 Å². The van der Waals surface area contributed by atoms with E-state index in [4.69, 9.17) is 8.83 Å². The predicted molar refractivity (Wildman–Crippen MR) is 208 cm³/mol. The molecule has 2 nitrogen and oxygen atoms in total. The summed E-state index contributed by atoms with van der Waals surface area (Å²) in [6, 6.07) is 56.5. The molecule has 0 saturated heterocycles. The minimum absolute atomic E-state index is 0.773. The van der Waals surface area contributed by atoms with E-state index in [1.54, 1.807) is 0 Å². The second-order valence-corrected chi connectivity index (χ2v) is 13.8. The molecule has 0 amide bonds. The molecule has 0 aliphatic rings.